The Morgan fingerprint density at radius 1 is 1.13 bits per heavy atom. The van der Waals surface area contributed by atoms with Crippen molar-refractivity contribution in [3.05, 3.63) is 42.0 Å². The first-order valence-electron chi connectivity index (χ1n) is 7.61. The molecule has 0 bridgehead atoms. The lowest BCUT2D eigenvalue weighted by atomic mass is 10.0. The fourth-order valence-electron chi connectivity index (χ4n) is 2.77. The Morgan fingerprint density at radius 3 is 2.57 bits per heavy atom. The molecule has 1 saturated heterocycles. The van der Waals surface area contributed by atoms with E-state index in [9.17, 15) is 4.79 Å². The highest BCUT2D eigenvalue weighted by Gasteiger charge is 2.13. The van der Waals surface area contributed by atoms with E-state index >= 15 is 0 Å². The highest BCUT2D eigenvalue weighted by Crippen LogP contribution is 2.24. The van der Waals surface area contributed by atoms with Gasteiger partial charge in [0, 0.05) is 42.8 Å². The number of benzene rings is 2. The van der Waals surface area contributed by atoms with Crippen LogP contribution in [0.5, 0.6) is 0 Å². The summed E-state index contributed by atoms with van der Waals surface area (Å²) >= 11 is 0. The van der Waals surface area contributed by atoms with Crippen LogP contribution < -0.4 is 11.1 Å². The summed E-state index contributed by atoms with van der Waals surface area (Å²) in [5.74, 6) is -0.0514. The van der Waals surface area contributed by atoms with E-state index in [0.29, 0.717) is 17.8 Å². The minimum Gasteiger partial charge on any atom is -0.398 e. The fraction of sp³-hybridized carbons (Fsp3) is 0.353. The number of nitrogens with one attached hydrogen (secondary N) is 1. The van der Waals surface area contributed by atoms with E-state index in [4.69, 9.17) is 10.5 Å². The molecule has 3 rings (SSSR count). The molecule has 0 atom stereocenters. The van der Waals surface area contributed by atoms with Gasteiger partial charge in [0.2, 0.25) is 0 Å². The molecule has 0 radical (unpaired) electrons. The topological polar surface area (TPSA) is 67.6 Å². The first kappa shape index (κ1) is 17.5. The zero-order valence-electron chi connectivity index (χ0n) is 13.0. The number of fused-ring (bicyclic) bond motifs is 1. The molecule has 5 nitrogen and oxygen atoms in total. The smallest absolute Gasteiger partial charge is 0.251 e. The van der Waals surface area contributed by atoms with Crippen molar-refractivity contribution in [2.45, 2.75) is 0 Å². The minimum absolute atomic E-state index is 0. The normalized spacial score (nSPS) is 15.1. The molecule has 0 spiro atoms. The first-order valence-corrected chi connectivity index (χ1v) is 7.61. The van der Waals surface area contributed by atoms with Crippen LogP contribution in [-0.2, 0) is 4.74 Å². The second-order valence-electron chi connectivity index (χ2n) is 5.46. The predicted molar refractivity (Wildman–Crippen MR) is 95.2 cm³/mol. The summed E-state index contributed by atoms with van der Waals surface area (Å²) < 4.78 is 5.31. The van der Waals surface area contributed by atoms with E-state index in [1.54, 1.807) is 12.1 Å². The highest BCUT2D eigenvalue weighted by atomic mass is 35.5. The maximum absolute atomic E-state index is 12.4. The Kier molecular flexibility index (Phi) is 6.21. The van der Waals surface area contributed by atoms with Gasteiger partial charge in [0.1, 0.15) is 0 Å². The molecule has 0 aromatic heterocycles. The molecule has 2 aromatic rings. The minimum atomic E-state index is -0.0514. The van der Waals surface area contributed by atoms with Gasteiger partial charge in [-0.1, -0.05) is 24.3 Å². The molecule has 6 heteroatoms. The van der Waals surface area contributed by atoms with E-state index in [1.165, 1.54) is 0 Å². The van der Waals surface area contributed by atoms with Crippen molar-refractivity contribution in [2.24, 2.45) is 0 Å². The molecule has 1 fully saturated rings. The van der Waals surface area contributed by atoms with Crippen LogP contribution in [0, 0.1) is 0 Å². The summed E-state index contributed by atoms with van der Waals surface area (Å²) in [4.78, 5) is 14.7. The van der Waals surface area contributed by atoms with Crippen molar-refractivity contribution in [1.29, 1.82) is 0 Å². The Morgan fingerprint density at radius 2 is 1.83 bits per heavy atom. The average Bonchev–Trinajstić information content (AvgIpc) is 2.56. The van der Waals surface area contributed by atoms with E-state index in [2.05, 4.69) is 10.2 Å². The van der Waals surface area contributed by atoms with Crippen molar-refractivity contribution in [3.63, 3.8) is 0 Å². The Hall–Kier alpha value is -1.82. The molecule has 1 amide bonds. The number of nitrogen functional groups attached to an aromatic ring is 1. The molecule has 1 heterocycles. The van der Waals surface area contributed by atoms with Gasteiger partial charge >= 0.3 is 0 Å². The number of nitrogens with zero attached hydrogens (tertiary/aromatic N) is 1. The number of carbonyl (C=O) groups excluding carboxylic acids is 1. The van der Waals surface area contributed by atoms with Gasteiger partial charge < -0.3 is 15.8 Å². The van der Waals surface area contributed by atoms with E-state index in [0.717, 1.165) is 43.6 Å². The maximum Gasteiger partial charge on any atom is 0.251 e. The SMILES string of the molecule is Cl.Nc1ccc(C(=O)NCCN2CCOCC2)c2ccccc12. The predicted octanol–water partition coefficient (Wildman–Crippen LogP) is 1.91. The molecule has 23 heavy (non-hydrogen) atoms. The Balaban J connectivity index is 0.00000192. The van der Waals surface area contributed by atoms with Crippen molar-refractivity contribution < 1.29 is 9.53 Å². The van der Waals surface area contributed by atoms with E-state index in [-0.39, 0.29) is 18.3 Å². The second-order valence-corrected chi connectivity index (χ2v) is 5.46. The number of halogens is 1. The van der Waals surface area contributed by atoms with Crippen molar-refractivity contribution in [3.8, 4) is 0 Å². The maximum atomic E-state index is 12.4. The first-order chi connectivity index (χ1) is 10.8. The number of rotatable bonds is 4. The van der Waals surface area contributed by atoms with Crippen LogP contribution in [0.2, 0.25) is 0 Å². The standard InChI is InChI=1S/C17H21N3O2.ClH/c18-16-6-5-15(13-3-1-2-4-14(13)16)17(21)19-7-8-20-9-11-22-12-10-20;/h1-6H,7-12,18H2,(H,19,21);1H. The largest absolute Gasteiger partial charge is 0.398 e. The number of carbonyl (C=O) groups is 1. The molecule has 0 saturated carbocycles. The molecule has 1 aliphatic heterocycles. The molecule has 124 valence electrons. The van der Waals surface area contributed by atoms with Gasteiger partial charge in [-0.05, 0) is 17.5 Å². The van der Waals surface area contributed by atoms with Crippen LogP contribution in [0.15, 0.2) is 36.4 Å². The molecule has 3 N–H and O–H groups in total. The number of nitrogens with two attached hydrogens (primary N) is 1. The third-order valence-electron chi connectivity index (χ3n) is 4.02. The van der Waals surface area contributed by atoms with Gasteiger partial charge in [-0.2, -0.15) is 0 Å². The van der Waals surface area contributed by atoms with Gasteiger partial charge in [-0.3, -0.25) is 9.69 Å². The van der Waals surface area contributed by atoms with Crippen LogP contribution in [0.3, 0.4) is 0 Å². The van der Waals surface area contributed by atoms with Crippen LogP contribution in [0.4, 0.5) is 5.69 Å². The number of hydrogen-bond acceptors (Lipinski definition) is 4. The highest BCUT2D eigenvalue weighted by molar-refractivity contribution is 6.09. The summed E-state index contributed by atoms with van der Waals surface area (Å²) in [6, 6.07) is 11.3. The van der Waals surface area contributed by atoms with Crippen LogP contribution in [0.1, 0.15) is 10.4 Å². The lowest BCUT2D eigenvalue weighted by molar-refractivity contribution is 0.0383. The zero-order chi connectivity index (χ0) is 15.4. The monoisotopic (exact) mass is 335 g/mol. The number of morpholine rings is 1. The van der Waals surface area contributed by atoms with Gasteiger partial charge in [0.25, 0.3) is 5.91 Å². The number of amides is 1. The van der Waals surface area contributed by atoms with Crippen molar-refractivity contribution in [1.82, 2.24) is 10.2 Å². The molecular weight excluding hydrogens is 314 g/mol. The Bertz CT molecular complexity index is 672. The molecule has 2 aromatic carbocycles. The lowest BCUT2D eigenvalue weighted by Crippen LogP contribution is -2.41. The lowest BCUT2D eigenvalue weighted by Gasteiger charge is -2.26. The summed E-state index contributed by atoms with van der Waals surface area (Å²) in [6.45, 7) is 4.90. The van der Waals surface area contributed by atoms with E-state index in [1.807, 2.05) is 24.3 Å². The average molecular weight is 336 g/mol. The molecular formula is C17H22ClN3O2. The summed E-state index contributed by atoms with van der Waals surface area (Å²) in [6.07, 6.45) is 0. The van der Waals surface area contributed by atoms with Gasteiger partial charge in [0.15, 0.2) is 0 Å². The third kappa shape index (κ3) is 4.13. The summed E-state index contributed by atoms with van der Waals surface area (Å²) in [7, 11) is 0. The van der Waals surface area contributed by atoms with Crippen LogP contribution >= 0.6 is 12.4 Å². The molecule has 1 aliphatic rings. The summed E-state index contributed by atoms with van der Waals surface area (Å²) in [5, 5.41) is 4.81. The quantitative estimate of drug-likeness (QED) is 0.837. The van der Waals surface area contributed by atoms with E-state index < -0.39 is 0 Å². The zero-order valence-corrected chi connectivity index (χ0v) is 13.8. The van der Waals surface area contributed by atoms with Gasteiger partial charge in [0.05, 0.1) is 13.2 Å². The van der Waals surface area contributed by atoms with Crippen LogP contribution in [0.25, 0.3) is 10.8 Å². The van der Waals surface area contributed by atoms with Gasteiger partial charge in [-0.25, -0.2) is 0 Å². The van der Waals surface area contributed by atoms with Crippen molar-refractivity contribution >= 4 is 34.8 Å². The number of ether oxygens (including phenoxy) is 1. The fourth-order valence-corrected chi connectivity index (χ4v) is 2.77. The third-order valence-corrected chi connectivity index (χ3v) is 4.02. The number of hydrogen-bond donors (Lipinski definition) is 2. The van der Waals surface area contributed by atoms with Gasteiger partial charge in [-0.15, -0.1) is 12.4 Å². The number of anilines is 1. The second kappa shape index (κ2) is 8.15. The molecule has 0 aliphatic carbocycles. The van der Waals surface area contributed by atoms with Crippen LogP contribution in [-0.4, -0.2) is 50.2 Å². The van der Waals surface area contributed by atoms with Crippen molar-refractivity contribution in [2.75, 3.05) is 45.1 Å². The molecule has 0 unspecified atom stereocenters. The Labute approximate surface area is 142 Å². The summed E-state index contributed by atoms with van der Waals surface area (Å²) in [5.41, 5.74) is 7.34.